The van der Waals surface area contributed by atoms with Crippen molar-refractivity contribution in [3.8, 4) is 11.5 Å². The van der Waals surface area contributed by atoms with Crippen LogP contribution in [-0.2, 0) is 6.54 Å². The molecule has 1 heterocycles. The van der Waals surface area contributed by atoms with Crippen LogP contribution < -0.4 is 14.8 Å². The summed E-state index contributed by atoms with van der Waals surface area (Å²) in [7, 11) is 0. The SMILES string of the molecule is O=[N+]([O-])c1cc2c(cc1NCc1ccccc1Br)OCO2. The number of nitrogens with zero attached hydrogens (tertiary/aromatic N) is 1. The number of anilines is 1. The van der Waals surface area contributed by atoms with Gasteiger partial charge in [-0.1, -0.05) is 34.1 Å². The number of ether oxygens (including phenoxy) is 2. The fourth-order valence-corrected chi connectivity index (χ4v) is 2.48. The second kappa shape index (κ2) is 5.61. The van der Waals surface area contributed by atoms with Gasteiger partial charge >= 0.3 is 0 Å². The first-order valence-corrected chi connectivity index (χ1v) is 7.00. The molecule has 0 saturated carbocycles. The molecular weight excluding hydrogens is 340 g/mol. The first-order chi connectivity index (χ1) is 10.1. The zero-order valence-corrected chi connectivity index (χ0v) is 12.4. The Bertz CT molecular complexity index is 705. The number of hydrogen-bond donors (Lipinski definition) is 1. The van der Waals surface area contributed by atoms with Gasteiger partial charge in [-0.3, -0.25) is 10.1 Å². The zero-order valence-electron chi connectivity index (χ0n) is 10.8. The van der Waals surface area contributed by atoms with E-state index in [4.69, 9.17) is 9.47 Å². The lowest BCUT2D eigenvalue weighted by molar-refractivity contribution is -0.384. The van der Waals surface area contributed by atoms with E-state index in [0.717, 1.165) is 10.0 Å². The third-order valence-corrected chi connectivity index (χ3v) is 3.89. The Morgan fingerprint density at radius 1 is 1.24 bits per heavy atom. The molecule has 1 aliphatic heterocycles. The van der Waals surface area contributed by atoms with Gasteiger partial charge in [0.25, 0.3) is 5.69 Å². The molecule has 0 unspecified atom stereocenters. The van der Waals surface area contributed by atoms with E-state index in [2.05, 4.69) is 21.2 Å². The highest BCUT2D eigenvalue weighted by Crippen LogP contribution is 2.40. The highest BCUT2D eigenvalue weighted by Gasteiger charge is 2.23. The maximum atomic E-state index is 11.2. The van der Waals surface area contributed by atoms with Crippen molar-refractivity contribution in [3.05, 3.63) is 56.5 Å². The third kappa shape index (κ3) is 2.78. The van der Waals surface area contributed by atoms with E-state index in [1.165, 1.54) is 6.07 Å². The van der Waals surface area contributed by atoms with Gasteiger partial charge in [0.2, 0.25) is 6.79 Å². The molecule has 108 valence electrons. The number of nitrogens with one attached hydrogen (secondary N) is 1. The lowest BCUT2D eigenvalue weighted by Gasteiger charge is -2.09. The predicted octanol–water partition coefficient (Wildman–Crippen LogP) is 3.70. The summed E-state index contributed by atoms with van der Waals surface area (Å²) in [5.74, 6) is 0.906. The molecule has 0 atom stereocenters. The van der Waals surface area contributed by atoms with Crippen LogP contribution >= 0.6 is 15.9 Å². The number of benzene rings is 2. The Kier molecular flexibility index (Phi) is 3.66. The molecular formula is C14H11BrN2O4. The Morgan fingerprint density at radius 2 is 1.95 bits per heavy atom. The molecule has 2 aromatic rings. The summed E-state index contributed by atoms with van der Waals surface area (Å²) in [4.78, 5) is 10.7. The fourth-order valence-electron chi connectivity index (χ4n) is 2.06. The van der Waals surface area contributed by atoms with Crippen molar-refractivity contribution in [1.29, 1.82) is 0 Å². The van der Waals surface area contributed by atoms with Crippen molar-refractivity contribution in [3.63, 3.8) is 0 Å². The maximum absolute atomic E-state index is 11.2. The van der Waals surface area contributed by atoms with Crippen LogP contribution in [0.2, 0.25) is 0 Å². The van der Waals surface area contributed by atoms with E-state index in [1.54, 1.807) is 6.07 Å². The molecule has 0 fully saturated rings. The molecule has 1 aliphatic rings. The van der Waals surface area contributed by atoms with Crippen molar-refractivity contribution in [1.82, 2.24) is 0 Å². The molecule has 0 aliphatic carbocycles. The minimum Gasteiger partial charge on any atom is -0.454 e. The van der Waals surface area contributed by atoms with Gasteiger partial charge < -0.3 is 14.8 Å². The van der Waals surface area contributed by atoms with Gasteiger partial charge in [0, 0.05) is 17.1 Å². The second-order valence-corrected chi connectivity index (χ2v) is 5.28. The zero-order chi connectivity index (χ0) is 14.8. The smallest absolute Gasteiger partial charge is 0.296 e. The Labute approximate surface area is 129 Å². The van der Waals surface area contributed by atoms with E-state index in [0.29, 0.717) is 23.7 Å². The van der Waals surface area contributed by atoms with Crippen LogP contribution in [0.1, 0.15) is 5.56 Å². The summed E-state index contributed by atoms with van der Waals surface area (Å²) < 4.78 is 11.4. The topological polar surface area (TPSA) is 73.6 Å². The monoisotopic (exact) mass is 350 g/mol. The van der Waals surface area contributed by atoms with E-state index < -0.39 is 4.92 Å². The van der Waals surface area contributed by atoms with Crippen LogP contribution in [0.15, 0.2) is 40.9 Å². The van der Waals surface area contributed by atoms with Crippen molar-refractivity contribution in [2.24, 2.45) is 0 Å². The predicted molar refractivity (Wildman–Crippen MR) is 80.7 cm³/mol. The summed E-state index contributed by atoms with van der Waals surface area (Å²) in [6.07, 6.45) is 0. The maximum Gasteiger partial charge on any atom is 0.296 e. The number of rotatable bonds is 4. The highest BCUT2D eigenvalue weighted by atomic mass is 79.9. The van der Waals surface area contributed by atoms with Crippen molar-refractivity contribution in [2.75, 3.05) is 12.1 Å². The molecule has 0 saturated heterocycles. The number of nitro groups is 1. The normalized spacial score (nSPS) is 12.2. The first kappa shape index (κ1) is 13.7. The minimum absolute atomic E-state index is 0.0358. The third-order valence-electron chi connectivity index (χ3n) is 3.11. The van der Waals surface area contributed by atoms with E-state index >= 15 is 0 Å². The summed E-state index contributed by atoms with van der Waals surface area (Å²) in [6.45, 7) is 0.544. The van der Waals surface area contributed by atoms with Gasteiger partial charge in [0.1, 0.15) is 5.69 Å². The molecule has 6 nitrogen and oxygen atoms in total. The van der Waals surface area contributed by atoms with Crippen molar-refractivity contribution >= 4 is 27.3 Å². The van der Waals surface area contributed by atoms with Crippen LogP contribution in [0.4, 0.5) is 11.4 Å². The van der Waals surface area contributed by atoms with Gasteiger partial charge in [-0.2, -0.15) is 0 Å². The van der Waals surface area contributed by atoms with E-state index in [9.17, 15) is 10.1 Å². The van der Waals surface area contributed by atoms with Crippen LogP contribution in [0.25, 0.3) is 0 Å². The van der Waals surface area contributed by atoms with Crippen LogP contribution in [0, 0.1) is 10.1 Å². The number of fused-ring (bicyclic) bond motifs is 1. The molecule has 7 heteroatoms. The molecule has 0 amide bonds. The lowest BCUT2D eigenvalue weighted by Crippen LogP contribution is -2.03. The standard InChI is InChI=1S/C14H11BrN2O4/c15-10-4-2-1-3-9(10)7-16-11-5-13-14(21-8-20-13)6-12(11)17(18)19/h1-6,16H,7-8H2. The number of nitro benzene ring substituents is 1. The first-order valence-electron chi connectivity index (χ1n) is 6.20. The Hall–Kier alpha value is -2.28. The molecule has 0 bridgehead atoms. The molecule has 0 radical (unpaired) electrons. The second-order valence-electron chi connectivity index (χ2n) is 4.42. The quantitative estimate of drug-likeness (QED) is 0.672. The van der Waals surface area contributed by atoms with E-state index in [1.807, 2.05) is 24.3 Å². The lowest BCUT2D eigenvalue weighted by atomic mass is 10.2. The fraction of sp³-hybridized carbons (Fsp3) is 0.143. The van der Waals surface area contributed by atoms with Crippen LogP contribution in [0.5, 0.6) is 11.5 Å². The van der Waals surface area contributed by atoms with Crippen LogP contribution in [0.3, 0.4) is 0 Å². The van der Waals surface area contributed by atoms with Gasteiger partial charge in [0.05, 0.1) is 11.0 Å². The van der Waals surface area contributed by atoms with Gasteiger partial charge in [-0.15, -0.1) is 0 Å². The Balaban J connectivity index is 1.88. The molecule has 0 aromatic heterocycles. The average Bonchev–Trinajstić information content (AvgIpc) is 2.92. The molecule has 0 spiro atoms. The average molecular weight is 351 g/mol. The van der Waals surface area contributed by atoms with E-state index in [-0.39, 0.29) is 12.5 Å². The molecule has 2 aromatic carbocycles. The Morgan fingerprint density at radius 3 is 2.67 bits per heavy atom. The summed E-state index contributed by atoms with van der Waals surface area (Å²) in [6, 6.07) is 10.7. The van der Waals surface area contributed by atoms with Crippen molar-refractivity contribution in [2.45, 2.75) is 6.54 Å². The van der Waals surface area contributed by atoms with Crippen molar-refractivity contribution < 1.29 is 14.4 Å². The summed E-state index contributed by atoms with van der Waals surface area (Å²) >= 11 is 3.45. The van der Waals surface area contributed by atoms with Gasteiger partial charge in [0.15, 0.2) is 11.5 Å². The van der Waals surface area contributed by atoms with Crippen LogP contribution in [-0.4, -0.2) is 11.7 Å². The molecule has 3 rings (SSSR count). The number of hydrogen-bond acceptors (Lipinski definition) is 5. The summed E-state index contributed by atoms with van der Waals surface area (Å²) in [5.41, 5.74) is 1.37. The van der Waals surface area contributed by atoms with Gasteiger partial charge in [-0.25, -0.2) is 0 Å². The van der Waals surface area contributed by atoms with Gasteiger partial charge in [-0.05, 0) is 11.6 Å². The summed E-state index contributed by atoms with van der Waals surface area (Å²) in [5, 5.41) is 14.2. The number of halogens is 1. The minimum atomic E-state index is -0.440. The highest BCUT2D eigenvalue weighted by molar-refractivity contribution is 9.10. The molecule has 21 heavy (non-hydrogen) atoms. The molecule has 1 N–H and O–H groups in total. The largest absolute Gasteiger partial charge is 0.454 e.